The average molecular weight is 739 g/mol. The SMILES string of the molecule is CC(C)[Si](C#Cc1c2ccccc2c2nc3ccc4c(C#C[Si](C(C)C)(C(C)C)C(C)C)c5ccccc5c5nc6ccc1c2c6c3c45)(C(C)C)C(C)C. The van der Waals surface area contributed by atoms with E-state index in [0.29, 0.717) is 33.2 Å². The predicted molar refractivity (Wildman–Crippen MR) is 243 cm³/mol. The fraction of sp³-hybridized carbons (Fsp3) is 0.360. The summed E-state index contributed by atoms with van der Waals surface area (Å²) >= 11 is 0. The van der Waals surface area contributed by atoms with Crippen molar-refractivity contribution in [1.29, 1.82) is 0 Å². The summed E-state index contributed by atoms with van der Waals surface area (Å²) in [7, 11) is -3.98. The normalized spacial score (nSPS) is 13.1. The molecule has 2 nitrogen and oxygen atoms in total. The zero-order valence-corrected chi connectivity index (χ0v) is 36.3. The predicted octanol–water partition coefficient (Wildman–Crippen LogP) is 14.6. The van der Waals surface area contributed by atoms with Crippen LogP contribution in [0.3, 0.4) is 0 Å². The fourth-order valence-corrected chi connectivity index (χ4v) is 21.5. The molecule has 0 atom stereocenters. The van der Waals surface area contributed by atoms with E-state index in [2.05, 4.69) is 179 Å². The van der Waals surface area contributed by atoms with Crippen molar-refractivity contribution in [2.24, 2.45) is 0 Å². The molecule has 0 amide bonds. The first-order chi connectivity index (χ1) is 25.7. The summed E-state index contributed by atoms with van der Waals surface area (Å²) < 4.78 is 0. The van der Waals surface area contributed by atoms with Crippen LogP contribution in [0.2, 0.25) is 33.2 Å². The highest BCUT2D eigenvalue weighted by atomic mass is 28.3. The molecular formula is C50H54N2Si2. The Hall–Kier alpha value is -4.49. The molecule has 54 heavy (non-hydrogen) atoms. The lowest BCUT2D eigenvalue weighted by Gasteiger charge is -2.38. The third-order valence-corrected chi connectivity index (χ3v) is 26.1. The van der Waals surface area contributed by atoms with Gasteiger partial charge in [0.2, 0.25) is 0 Å². The van der Waals surface area contributed by atoms with Crippen LogP contribution in [0.15, 0.2) is 72.8 Å². The molecule has 0 bridgehead atoms. The fourth-order valence-electron chi connectivity index (χ4n) is 11.1. The van der Waals surface area contributed by atoms with Gasteiger partial charge in [0.15, 0.2) is 0 Å². The quantitative estimate of drug-likeness (QED) is 0.0735. The number of rotatable bonds is 6. The Morgan fingerprint density at radius 3 is 1.00 bits per heavy atom. The lowest BCUT2D eigenvalue weighted by Crippen LogP contribution is -2.43. The molecule has 0 aliphatic rings. The first-order valence-electron chi connectivity index (χ1n) is 20.3. The van der Waals surface area contributed by atoms with Gasteiger partial charge in [-0.05, 0) is 45.4 Å². The highest BCUT2D eigenvalue weighted by molar-refractivity contribution is 6.91. The number of aromatic nitrogens is 2. The monoisotopic (exact) mass is 738 g/mol. The third kappa shape index (κ3) is 4.99. The maximum atomic E-state index is 5.56. The highest BCUT2D eigenvalue weighted by Gasteiger charge is 2.43. The Balaban J connectivity index is 1.54. The molecule has 0 saturated carbocycles. The summed E-state index contributed by atoms with van der Waals surface area (Å²) in [6.45, 7) is 28.8. The Kier molecular flexibility index (Phi) is 8.84. The van der Waals surface area contributed by atoms with E-state index in [-0.39, 0.29) is 0 Å². The summed E-state index contributed by atoms with van der Waals surface area (Å²) in [6.07, 6.45) is 0. The summed E-state index contributed by atoms with van der Waals surface area (Å²) in [6, 6.07) is 26.6. The number of benzene rings is 6. The Labute approximate surface area is 323 Å². The molecule has 2 aromatic heterocycles. The van der Waals surface area contributed by atoms with Gasteiger partial charge in [-0.3, -0.25) is 0 Å². The summed E-state index contributed by atoms with van der Waals surface area (Å²) in [4.78, 5) is 11.1. The number of fused-ring (bicyclic) bond motifs is 4. The second-order valence-corrected chi connectivity index (χ2v) is 29.0. The van der Waals surface area contributed by atoms with Crippen LogP contribution in [0.5, 0.6) is 0 Å². The zero-order valence-electron chi connectivity index (χ0n) is 34.3. The van der Waals surface area contributed by atoms with Crippen LogP contribution < -0.4 is 0 Å². The second kappa shape index (κ2) is 13.1. The average Bonchev–Trinajstić information content (AvgIpc) is 3.13. The van der Waals surface area contributed by atoms with Gasteiger partial charge in [0.25, 0.3) is 0 Å². The van der Waals surface area contributed by atoms with Crippen LogP contribution in [0.4, 0.5) is 0 Å². The molecule has 0 aliphatic carbocycles. The van der Waals surface area contributed by atoms with Gasteiger partial charge in [0, 0.05) is 65.0 Å². The van der Waals surface area contributed by atoms with Gasteiger partial charge in [-0.25, -0.2) is 9.97 Å². The summed E-state index contributed by atoms with van der Waals surface area (Å²) in [5.41, 5.74) is 17.9. The number of hydrogen-bond acceptors (Lipinski definition) is 2. The molecule has 272 valence electrons. The minimum absolute atomic E-state index is 0.556. The van der Waals surface area contributed by atoms with Gasteiger partial charge < -0.3 is 0 Å². The van der Waals surface area contributed by atoms with Gasteiger partial charge in [-0.1, -0.05) is 156 Å². The van der Waals surface area contributed by atoms with Crippen LogP contribution in [-0.4, -0.2) is 26.1 Å². The van der Waals surface area contributed by atoms with Crippen LogP contribution in [0, 0.1) is 22.9 Å². The number of hydrogen-bond donors (Lipinski definition) is 0. The molecule has 8 rings (SSSR count). The van der Waals surface area contributed by atoms with Crippen molar-refractivity contribution >= 4 is 92.1 Å². The van der Waals surface area contributed by atoms with Crippen molar-refractivity contribution in [2.45, 2.75) is 116 Å². The number of pyridine rings is 2. The summed E-state index contributed by atoms with van der Waals surface area (Å²) in [5, 5.41) is 11.8. The zero-order chi connectivity index (χ0) is 38.4. The Morgan fingerprint density at radius 1 is 0.370 bits per heavy atom. The van der Waals surface area contributed by atoms with Gasteiger partial charge in [0.1, 0.15) is 16.1 Å². The lowest BCUT2D eigenvalue weighted by atomic mass is 9.87. The van der Waals surface area contributed by atoms with Crippen LogP contribution in [0.1, 0.15) is 94.2 Å². The molecule has 0 saturated heterocycles. The van der Waals surface area contributed by atoms with Crippen molar-refractivity contribution in [1.82, 2.24) is 9.97 Å². The first-order valence-corrected chi connectivity index (χ1v) is 24.7. The lowest BCUT2D eigenvalue weighted by molar-refractivity contribution is 0.838. The van der Waals surface area contributed by atoms with Crippen molar-refractivity contribution in [3.63, 3.8) is 0 Å². The van der Waals surface area contributed by atoms with E-state index >= 15 is 0 Å². The van der Waals surface area contributed by atoms with Gasteiger partial charge >= 0.3 is 0 Å². The van der Waals surface area contributed by atoms with E-state index in [1.165, 1.54) is 43.1 Å². The van der Waals surface area contributed by atoms with Crippen molar-refractivity contribution in [3.05, 3.63) is 83.9 Å². The van der Waals surface area contributed by atoms with Gasteiger partial charge in [-0.15, -0.1) is 11.1 Å². The van der Waals surface area contributed by atoms with Gasteiger partial charge in [0.05, 0.1) is 22.1 Å². The van der Waals surface area contributed by atoms with Crippen molar-refractivity contribution < 1.29 is 0 Å². The molecular weight excluding hydrogens is 685 g/mol. The minimum atomic E-state index is -1.99. The molecule has 4 heteroatoms. The minimum Gasteiger partial charge on any atom is -0.247 e. The molecule has 0 spiro atoms. The standard InChI is InChI=1S/C50H54N2Si2/c1-29(2)53(30(3)4,31(5)6)27-25-37-35-17-13-15-19-41(35)49-45-39(37)21-23-43-47(45)48-44(51-49)24-22-40-38(26-28-54(32(7)8,33(9)10)34(11)12)36-18-14-16-20-42(36)50(52-43)46(40)48/h13-24,29-34H,1-12H3. The van der Waals surface area contributed by atoms with E-state index in [1.54, 1.807) is 0 Å². The largest absolute Gasteiger partial charge is 0.247 e. The topological polar surface area (TPSA) is 25.8 Å². The maximum absolute atomic E-state index is 5.56. The molecule has 6 aromatic carbocycles. The third-order valence-electron chi connectivity index (χ3n) is 13.5. The van der Waals surface area contributed by atoms with E-state index in [4.69, 9.17) is 9.97 Å². The van der Waals surface area contributed by atoms with Crippen LogP contribution in [0.25, 0.3) is 75.9 Å². The molecule has 8 aromatic rings. The Morgan fingerprint density at radius 2 is 0.685 bits per heavy atom. The molecule has 0 N–H and O–H groups in total. The number of nitrogens with zero attached hydrogens (tertiary/aromatic N) is 2. The van der Waals surface area contributed by atoms with E-state index < -0.39 is 16.1 Å². The molecule has 0 unspecified atom stereocenters. The smallest absolute Gasteiger partial charge is 0.146 e. The maximum Gasteiger partial charge on any atom is 0.146 e. The van der Waals surface area contributed by atoms with Crippen LogP contribution >= 0.6 is 0 Å². The first kappa shape index (κ1) is 36.5. The molecule has 2 heterocycles. The second-order valence-electron chi connectivity index (χ2n) is 17.8. The summed E-state index contributed by atoms with van der Waals surface area (Å²) in [5.74, 6) is 7.86. The Bertz CT molecular complexity index is 2630. The highest BCUT2D eigenvalue weighted by Crippen LogP contribution is 2.48. The molecule has 0 fully saturated rings. The van der Waals surface area contributed by atoms with Crippen molar-refractivity contribution in [2.75, 3.05) is 0 Å². The molecule has 0 radical (unpaired) electrons. The van der Waals surface area contributed by atoms with Crippen molar-refractivity contribution in [3.8, 4) is 22.9 Å². The van der Waals surface area contributed by atoms with E-state index in [1.807, 2.05) is 0 Å². The van der Waals surface area contributed by atoms with E-state index in [0.717, 1.165) is 44.0 Å². The van der Waals surface area contributed by atoms with E-state index in [9.17, 15) is 0 Å². The molecule has 0 aliphatic heterocycles. The van der Waals surface area contributed by atoms with Crippen LogP contribution in [-0.2, 0) is 0 Å². The van der Waals surface area contributed by atoms with Gasteiger partial charge in [-0.2, -0.15) is 0 Å².